The number of carbonyl (C=O) groups is 2. The molecule has 0 spiro atoms. The van der Waals surface area contributed by atoms with Crippen molar-refractivity contribution in [3.63, 3.8) is 0 Å². The average Bonchev–Trinajstić information content (AvgIpc) is 2.69. The van der Waals surface area contributed by atoms with Crippen LogP contribution in [0.25, 0.3) is 6.08 Å². The molecule has 2 aromatic carbocycles. The lowest BCUT2D eigenvalue weighted by atomic mass is 10.1. The Hall–Kier alpha value is -2.99. The van der Waals surface area contributed by atoms with Crippen LogP contribution < -0.4 is 5.32 Å². The number of benzene rings is 2. The van der Waals surface area contributed by atoms with E-state index in [0.29, 0.717) is 31.9 Å². The maximum Gasteiger partial charge on any atom is 0.270 e. The van der Waals surface area contributed by atoms with Crippen LogP contribution in [0.15, 0.2) is 54.2 Å². The molecule has 0 saturated carbocycles. The maximum absolute atomic E-state index is 14.1. The van der Waals surface area contributed by atoms with Crippen molar-refractivity contribution in [1.82, 2.24) is 10.2 Å². The van der Waals surface area contributed by atoms with Gasteiger partial charge in [0.2, 0.25) is 0 Å². The summed E-state index contributed by atoms with van der Waals surface area (Å²) in [7, 11) is 0. The third kappa shape index (κ3) is 4.80. The number of halogens is 1. The van der Waals surface area contributed by atoms with Gasteiger partial charge in [0.1, 0.15) is 11.5 Å². The van der Waals surface area contributed by atoms with Gasteiger partial charge in [0.05, 0.1) is 13.2 Å². The number of aryl methyl sites for hydroxylation is 1. The van der Waals surface area contributed by atoms with E-state index in [9.17, 15) is 14.0 Å². The summed E-state index contributed by atoms with van der Waals surface area (Å²) in [6.07, 6.45) is 1.37. The van der Waals surface area contributed by atoms with E-state index >= 15 is 0 Å². The fourth-order valence-electron chi connectivity index (χ4n) is 2.74. The minimum absolute atomic E-state index is 0.0348. The predicted octanol–water partition coefficient (Wildman–Crippen LogP) is 2.76. The van der Waals surface area contributed by atoms with Crippen LogP contribution in [0.3, 0.4) is 0 Å². The molecule has 0 radical (unpaired) electrons. The number of nitrogens with one attached hydrogen (secondary N) is 1. The van der Waals surface area contributed by atoms with Crippen LogP contribution in [0.4, 0.5) is 4.39 Å². The first-order chi connectivity index (χ1) is 13.0. The number of carbonyl (C=O) groups excluding carboxylic acids is 2. The fourth-order valence-corrected chi connectivity index (χ4v) is 2.74. The molecule has 1 fully saturated rings. The van der Waals surface area contributed by atoms with Crippen LogP contribution in [0.1, 0.15) is 21.5 Å². The second-order valence-corrected chi connectivity index (χ2v) is 6.30. The quantitative estimate of drug-likeness (QED) is 0.845. The molecule has 0 aliphatic carbocycles. The van der Waals surface area contributed by atoms with E-state index in [1.807, 2.05) is 19.1 Å². The smallest absolute Gasteiger partial charge is 0.270 e. The zero-order chi connectivity index (χ0) is 19.2. The molecule has 1 N–H and O–H groups in total. The largest absolute Gasteiger partial charge is 0.378 e. The lowest BCUT2D eigenvalue weighted by molar-refractivity contribution is -0.131. The van der Waals surface area contributed by atoms with Crippen LogP contribution in [-0.2, 0) is 9.53 Å². The topological polar surface area (TPSA) is 58.6 Å². The highest BCUT2D eigenvalue weighted by Gasteiger charge is 2.23. The molecule has 140 valence electrons. The van der Waals surface area contributed by atoms with E-state index in [-0.39, 0.29) is 17.2 Å². The Morgan fingerprint density at radius 1 is 1.07 bits per heavy atom. The molecule has 1 saturated heterocycles. The number of hydrogen-bond acceptors (Lipinski definition) is 3. The van der Waals surface area contributed by atoms with E-state index in [4.69, 9.17) is 4.74 Å². The van der Waals surface area contributed by atoms with Gasteiger partial charge in [-0.25, -0.2) is 4.39 Å². The monoisotopic (exact) mass is 368 g/mol. The molecular formula is C21H21FN2O3. The number of amides is 2. The Morgan fingerprint density at radius 2 is 1.74 bits per heavy atom. The van der Waals surface area contributed by atoms with Gasteiger partial charge in [-0.15, -0.1) is 0 Å². The van der Waals surface area contributed by atoms with Gasteiger partial charge in [-0.3, -0.25) is 9.59 Å². The van der Waals surface area contributed by atoms with Crippen molar-refractivity contribution in [3.8, 4) is 0 Å². The highest BCUT2D eigenvalue weighted by atomic mass is 19.1. The van der Waals surface area contributed by atoms with E-state index in [2.05, 4.69) is 5.32 Å². The van der Waals surface area contributed by atoms with Crippen molar-refractivity contribution >= 4 is 17.9 Å². The fraction of sp³-hybridized carbons (Fsp3) is 0.238. The SMILES string of the molecule is Cc1ccc(C(=O)NC(=Cc2ccccc2F)C(=O)N2CCOCC2)cc1. The van der Waals surface area contributed by atoms with E-state index in [0.717, 1.165) is 5.56 Å². The highest BCUT2D eigenvalue weighted by molar-refractivity contribution is 6.05. The summed E-state index contributed by atoms with van der Waals surface area (Å²) < 4.78 is 19.3. The minimum Gasteiger partial charge on any atom is -0.378 e. The van der Waals surface area contributed by atoms with Gasteiger partial charge in [0.25, 0.3) is 11.8 Å². The first-order valence-corrected chi connectivity index (χ1v) is 8.76. The zero-order valence-corrected chi connectivity index (χ0v) is 15.1. The van der Waals surface area contributed by atoms with Crippen molar-refractivity contribution in [2.24, 2.45) is 0 Å². The Bertz CT molecular complexity index is 856. The summed E-state index contributed by atoms with van der Waals surface area (Å²) in [6.45, 7) is 3.64. The van der Waals surface area contributed by atoms with Crippen molar-refractivity contribution in [2.75, 3.05) is 26.3 Å². The third-order valence-corrected chi connectivity index (χ3v) is 4.30. The second-order valence-electron chi connectivity index (χ2n) is 6.30. The van der Waals surface area contributed by atoms with Gasteiger partial charge < -0.3 is 15.0 Å². The van der Waals surface area contributed by atoms with Gasteiger partial charge >= 0.3 is 0 Å². The first kappa shape index (κ1) is 18.8. The van der Waals surface area contributed by atoms with Crippen molar-refractivity contribution in [3.05, 3.63) is 76.7 Å². The van der Waals surface area contributed by atoms with Crippen LogP contribution in [0, 0.1) is 12.7 Å². The molecule has 0 atom stereocenters. The highest BCUT2D eigenvalue weighted by Crippen LogP contribution is 2.14. The molecule has 27 heavy (non-hydrogen) atoms. The van der Waals surface area contributed by atoms with Gasteiger partial charge in [-0.05, 0) is 31.2 Å². The predicted molar refractivity (Wildman–Crippen MR) is 100 cm³/mol. The van der Waals surface area contributed by atoms with Gasteiger partial charge in [-0.2, -0.15) is 0 Å². The lowest BCUT2D eigenvalue weighted by Crippen LogP contribution is -2.44. The lowest BCUT2D eigenvalue weighted by Gasteiger charge is -2.27. The van der Waals surface area contributed by atoms with E-state index in [1.165, 1.54) is 12.1 Å². The van der Waals surface area contributed by atoms with Crippen molar-refractivity contribution in [1.29, 1.82) is 0 Å². The normalized spacial score (nSPS) is 14.7. The number of morpholine rings is 1. The molecule has 3 rings (SSSR count). The molecule has 5 nitrogen and oxygen atoms in total. The molecule has 0 aromatic heterocycles. The Labute approximate surface area is 157 Å². The first-order valence-electron chi connectivity index (χ1n) is 8.76. The van der Waals surface area contributed by atoms with Crippen LogP contribution in [0.5, 0.6) is 0 Å². The third-order valence-electron chi connectivity index (χ3n) is 4.30. The van der Waals surface area contributed by atoms with Crippen LogP contribution >= 0.6 is 0 Å². The molecule has 1 aliphatic heterocycles. The molecular weight excluding hydrogens is 347 g/mol. The summed E-state index contributed by atoms with van der Waals surface area (Å²) in [5, 5.41) is 2.65. The average molecular weight is 368 g/mol. The molecule has 6 heteroatoms. The number of ether oxygens (including phenoxy) is 1. The number of hydrogen-bond donors (Lipinski definition) is 1. The zero-order valence-electron chi connectivity index (χ0n) is 15.1. The van der Waals surface area contributed by atoms with Gasteiger partial charge in [0.15, 0.2) is 0 Å². The molecule has 2 aromatic rings. The number of nitrogens with zero attached hydrogens (tertiary/aromatic N) is 1. The summed E-state index contributed by atoms with van der Waals surface area (Å²) in [4.78, 5) is 27.1. The summed E-state index contributed by atoms with van der Waals surface area (Å²) in [6, 6.07) is 13.1. The van der Waals surface area contributed by atoms with Gasteiger partial charge in [0, 0.05) is 24.2 Å². The second kappa shape index (κ2) is 8.60. The van der Waals surface area contributed by atoms with Gasteiger partial charge in [-0.1, -0.05) is 35.9 Å². The van der Waals surface area contributed by atoms with Crippen LogP contribution in [-0.4, -0.2) is 43.0 Å². The summed E-state index contributed by atoms with van der Waals surface area (Å²) >= 11 is 0. The molecule has 2 amide bonds. The van der Waals surface area contributed by atoms with E-state index < -0.39 is 11.7 Å². The van der Waals surface area contributed by atoms with Crippen molar-refractivity contribution < 1.29 is 18.7 Å². The molecule has 0 unspecified atom stereocenters. The van der Waals surface area contributed by atoms with Crippen LogP contribution in [0.2, 0.25) is 0 Å². The standard InChI is InChI=1S/C21H21FN2O3/c1-15-6-8-16(9-7-15)20(25)23-19(14-17-4-2-3-5-18(17)22)21(26)24-10-12-27-13-11-24/h2-9,14H,10-13H2,1H3,(H,23,25). The Balaban J connectivity index is 1.89. The van der Waals surface area contributed by atoms with E-state index in [1.54, 1.807) is 35.2 Å². The van der Waals surface area contributed by atoms with Crippen molar-refractivity contribution in [2.45, 2.75) is 6.92 Å². The summed E-state index contributed by atoms with van der Waals surface area (Å²) in [5.41, 5.74) is 1.72. The minimum atomic E-state index is -0.464. The molecule has 1 aliphatic rings. The number of rotatable bonds is 4. The maximum atomic E-state index is 14.1. The summed E-state index contributed by atoms with van der Waals surface area (Å²) in [5.74, 6) is -1.24. The molecule has 1 heterocycles. The molecule has 0 bridgehead atoms. The Kier molecular flexibility index (Phi) is 5.98. The Morgan fingerprint density at radius 3 is 2.41 bits per heavy atom.